The summed E-state index contributed by atoms with van der Waals surface area (Å²) in [5, 5.41) is 4.38. The first-order chi connectivity index (χ1) is 11.6. The molecule has 3 rings (SSSR count). The smallest absolute Gasteiger partial charge is 0.254 e. The molecule has 0 spiro atoms. The van der Waals surface area contributed by atoms with E-state index in [1.807, 2.05) is 0 Å². The highest BCUT2D eigenvalue weighted by Gasteiger charge is 2.23. The number of hydrogen-bond acceptors (Lipinski definition) is 4. The first-order valence-electron chi connectivity index (χ1n) is 7.13. The Morgan fingerprint density at radius 2 is 1.96 bits per heavy atom. The normalized spacial score (nSPS) is 12.0. The second-order valence-electron chi connectivity index (χ2n) is 5.17. The van der Waals surface area contributed by atoms with Crippen molar-refractivity contribution in [1.82, 2.24) is 14.7 Å². The highest BCUT2D eigenvalue weighted by molar-refractivity contribution is 7.03. The summed E-state index contributed by atoms with van der Waals surface area (Å²) in [6.07, 6.45) is 3.06. The van der Waals surface area contributed by atoms with Crippen LogP contribution in [0.5, 0.6) is 0 Å². The van der Waals surface area contributed by atoms with Gasteiger partial charge >= 0.3 is 0 Å². The van der Waals surface area contributed by atoms with Crippen molar-refractivity contribution in [3.63, 3.8) is 0 Å². The van der Waals surface area contributed by atoms with Gasteiger partial charge in [0, 0.05) is 23.3 Å². The zero-order valence-electron chi connectivity index (χ0n) is 12.7. The highest BCUT2D eigenvalue weighted by atomic mass is 32.1. The van der Waals surface area contributed by atoms with Gasteiger partial charge in [0.25, 0.3) is 5.91 Å². The van der Waals surface area contributed by atoms with Gasteiger partial charge in [-0.2, -0.15) is 4.37 Å². The zero-order chi connectivity index (χ0) is 17.1. The Morgan fingerprint density at radius 1 is 1.21 bits per heavy atom. The van der Waals surface area contributed by atoms with Gasteiger partial charge in [0.05, 0.1) is 17.3 Å². The number of aryl methyl sites for hydroxylation is 1. The molecule has 24 heavy (non-hydrogen) atoms. The van der Waals surface area contributed by atoms with Crippen LogP contribution in [0.25, 0.3) is 0 Å². The molecule has 1 aromatic carbocycles. The molecule has 122 valence electrons. The molecule has 1 amide bonds. The van der Waals surface area contributed by atoms with Crippen molar-refractivity contribution >= 4 is 17.4 Å². The van der Waals surface area contributed by atoms with Gasteiger partial charge < -0.3 is 5.32 Å². The molecule has 0 aliphatic rings. The highest BCUT2D eigenvalue weighted by Crippen LogP contribution is 2.26. The van der Waals surface area contributed by atoms with Crippen LogP contribution in [0.3, 0.4) is 0 Å². The Kier molecular flexibility index (Phi) is 4.61. The lowest BCUT2D eigenvalue weighted by Gasteiger charge is -2.20. The van der Waals surface area contributed by atoms with E-state index in [1.54, 1.807) is 24.4 Å². The summed E-state index contributed by atoms with van der Waals surface area (Å²) < 4.78 is 31.9. The molecule has 0 fully saturated rings. The Labute approximate surface area is 141 Å². The third kappa shape index (κ3) is 3.30. The van der Waals surface area contributed by atoms with Crippen LogP contribution in [0, 0.1) is 18.6 Å². The molecule has 3 aromatic rings. The summed E-state index contributed by atoms with van der Waals surface area (Å²) in [4.78, 5) is 16.4. The van der Waals surface area contributed by atoms with E-state index < -0.39 is 23.6 Å². The predicted octanol–water partition coefficient (Wildman–Crippen LogP) is 3.64. The number of aromatic nitrogens is 2. The molecule has 4 nitrogen and oxygen atoms in total. The molecule has 0 saturated carbocycles. The van der Waals surface area contributed by atoms with Crippen molar-refractivity contribution in [2.24, 2.45) is 0 Å². The lowest BCUT2D eigenvalue weighted by molar-refractivity contribution is 0.0942. The standard InChI is InChI=1S/C17H13F2N3OS/c1-10-14(9-24-22-10)17(23)21-16(11-4-6-20-7-5-11)13-8-12(18)2-3-15(13)19/h2-9,16H,1H3,(H,21,23)/t16-/m0/s1. The minimum absolute atomic E-state index is 0.0513. The van der Waals surface area contributed by atoms with Crippen molar-refractivity contribution in [2.75, 3.05) is 0 Å². The van der Waals surface area contributed by atoms with Crippen LogP contribution in [0.2, 0.25) is 0 Å². The molecule has 0 aliphatic carbocycles. The molecular weight excluding hydrogens is 332 g/mol. The van der Waals surface area contributed by atoms with Crippen LogP contribution < -0.4 is 5.32 Å². The first-order valence-corrected chi connectivity index (χ1v) is 7.96. The number of carbonyl (C=O) groups excluding carboxylic acids is 1. The number of nitrogens with zero attached hydrogens (tertiary/aromatic N) is 2. The van der Waals surface area contributed by atoms with Crippen molar-refractivity contribution in [3.05, 3.63) is 82.1 Å². The van der Waals surface area contributed by atoms with Gasteiger partial charge in [-0.15, -0.1) is 0 Å². The van der Waals surface area contributed by atoms with E-state index in [4.69, 9.17) is 0 Å². The van der Waals surface area contributed by atoms with Crippen LogP contribution in [0.4, 0.5) is 8.78 Å². The van der Waals surface area contributed by atoms with Gasteiger partial charge in [-0.1, -0.05) is 0 Å². The van der Waals surface area contributed by atoms with Gasteiger partial charge in [-0.25, -0.2) is 8.78 Å². The van der Waals surface area contributed by atoms with Crippen molar-refractivity contribution < 1.29 is 13.6 Å². The Hall–Kier alpha value is -2.67. The number of rotatable bonds is 4. The number of carbonyl (C=O) groups is 1. The zero-order valence-corrected chi connectivity index (χ0v) is 13.5. The molecule has 0 unspecified atom stereocenters. The summed E-state index contributed by atoms with van der Waals surface area (Å²) in [7, 11) is 0. The van der Waals surface area contributed by atoms with Crippen molar-refractivity contribution in [3.8, 4) is 0 Å². The van der Waals surface area contributed by atoms with E-state index >= 15 is 0 Å². The Morgan fingerprint density at radius 3 is 2.62 bits per heavy atom. The van der Waals surface area contributed by atoms with E-state index in [-0.39, 0.29) is 5.56 Å². The molecule has 2 heterocycles. The summed E-state index contributed by atoms with van der Waals surface area (Å²) in [5.41, 5.74) is 1.65. The van der Waals surface area contributed by atoms with E-state index in [0.29, 0.717) is 16.8 Å². The molecular formula is C17H13F2N3OS. The fraction of sp³-hybridized carbons (Fsp3) is 0.118. The second kappa shape index (κ2) is 6.84. The number of hydrogen-bond donors (Lipinski definition) is 1. The van der Waals surface area contributed by atoms with E-state index in [0.717, 1.165) is 29.7 Å². The number of pyridine rings is 1. The van der Waals surface area contributed by atoms with Crippen LogP contribution in [0.15, 0.2) is 48.1 Å². The molecule has 1 N–H and O–H groups in total. The maximum atomic E-state index is 14.2. The minimum atomic E-state index is -0.838. The average Bonchev–Trinajstić information content (AvgIpc) is 3.02. The number of nitrogens with one attached hydrogen (secondary N) is 1. The molecule has 0 bridgehead atoms. The fourth-order valence-electron chi connectivity index (χ4n) is 2.35. The predicted molar refractivity (Wildman–Crippen MR) is 86.8 cm³/mol. The topological polar surface area (TPSA) is 54.9 Å². The van der Waals surface area contributed by atoms with Crippen molar-refractivity contribution in [2.45, 2.75) is 13.0 Å². The number of amides is 1. The van der Waals surface area contributed by atoms with E-state index in [2.05, 4.69) is 14.7 Å². The van der Waals surface area contributed by atoms with Crippen LogP contribution >= 0.6 is 11.5 Å². The van der Waals surface area contributed by atoms with Gasteiger partial charge in [-0.3, -0.25) is 9.78 Å². The largest absolute Gasteiger partial charge is 0.341 e. The third-order valence-corrected chi connectivity index (χ3v) is 4.30. The second-order valence-corrected chi connectivity index (χ2v) is 5.80. The van der Waals surface area contributed by atoms with E-state index in [9.17, 15) is 13.6 Å². The molecule has 0 radical (unpaired) electrons. The summed E-state index contributed by atoms with van der Waals surface area (Å²) in [5.74, 6) is -1.57. The van der Waals surface area contributed by atoms with Crippen LogP contribution in [0.1, 0.15) is 33.2 Å². The number of halogens is 2. The van der Waals surface area contributed by atoms with E-state index in [1.165, 1.54) is 12.4 Å². The average molecular weight is 345 g/mol. The SMILES string of the molecule is Cc1nscc1C(=O)N[C@@H](c1ccncc1)c1cc(F)ccc1F. The van der Waals surface area contributed by atoms with Gasteiger partial charge in [-0.05, 0) is 54.4 Å². The minimum Gasteiger partial charge on any atom is -0.341 e. The lowest BCUT2D eigenvalue weighted by Crippen LogP contribution is -2.30. The fourth-order valence-corrected chi connectivity index (χ4v) is 3.04. The molecule has 0 aliphatic heterocycles. The maximum absolute atomic E-state index is 14.2. The monoisotopic (exact) mass is 345 g/mol. The molecule has 2 aromatic heterocycles. The quantitative estimate of drug-likeness (QED) is 0.785. The molecule has 0 saturated heterocycles. The summed E-state index contributed by atoms with van der Waals surface area (Å²) in [6.45, 7) is 1.72. The van der Waals surface area contributed by atoms with Crippen LogP contribution in [-0.2, 0) is 0 Å². The molecule has 7 heteroatoms. The Balaban J connectivity index is 2.01. The summed E-state index contributed by atoms with van der Waals surface area (Å²) >= 11 is 1.16. The summed E-state index contributed by atoms with van der Waals surface area (Å²) in [6, 6.07) is 5.62. The van der Waals surface area contributed by atoms with Gasteiger partial charge in [0.15, 0.2) is 0 Å². The third-order valence-electron chi connectivity index (χ3n) is 3.58. The lowest BCUT2D eigenvalue weighted by atomic mass is 9.98. The van der Waals surface area contributed by atoms with Crippen molar-refractivity contribution in [1.29, 1.82) is 0 Å². The first kappa shape index (κ1) is 16.2. The van der Waals surface area contributed by atoms with Gasteiger partial charge in [0.1, 0.15) is 11.6 Å². The van der Waals surface area contributed by atoms with Gasteiger partial charge in [0.2, 0.25) is 0 Å². The van der Waals surface area contributed by atoms with Crippen LogP contribution in [-0.4, -0.2) is 15.3 Å². The molecule has 1 atom stereocenters. The maximum Gasteiger partial charge on any atom is 0.254 e. The Bertz CT molecular complexity index is 867. The number of benzene rings is 1.